The summed E-state index contributed by atoms with van der Waals surface area (Å²) in [6.45, 7) is 0.714. The van der Waals surface area contributed by atoms with Gasteiger partial charge in [-0.05, 0) is 37.0 Å². The summed E-state index contributed by atoms with van der Waals surface area (Å²) in [4.78, 5) is 0. The van der Waals surface area contributed by atoms with Gasteiger partial charge in [0.25, 0.3) is 0 Å². The minimum Gasteiger partial charge on any atom is -0.393 e. The summed E-state index contributed by atoms with van der Waals surface area (Å²) >= 11 is 0. The molecule has 1 aromatic carbocycles. The molecule has 4 heteroatoms. The van der Waals surface area contributed by atoms with E-state index in [0.29, 0.717) is 23.7 Å². The number of rotatable bonds is 3. The lowest BCUT2D eigenvalue weighted by Crippen LogP contribution is -2.33. The van der Waals surface area contributed by atoms with Gasteiger partial charge in [-0.3, -0.25) is 0 Å². The Bertz CT molecular complexity index is 422. The summed E-state index contributed by atoms with van der Waals surface area (Å²) in [6.07, 6.45) is 1.43. The van der Waals surface area contributed by atoms with Gasteiger partial charge in [0.2, 0.25) is 0 Å². The smallest absolute Gasteiger partial charge is 0.126 e. The number of anilines is 1. The topological polar surface area (TPSA) is 56.0 Å². The molecular weight excluding hydrogens is 207 g/mol. The molecule has 1 aliphatic carbocycles. The van der Waals surface area contributed by atoms with Crippen molar-refractivity contribution in [3.05, 3.63) is 29.6 Å². The predicted octanol–water partition coefficient (Wildman–Crippen LogP) is 1.88. The van der Waals surface area contributed by atoms with Crippen LogP contribution in [0.3, 0.4) is 0 Å². The fourth-order valence-corrected chi connectivity index (χ4v) is 1.89. The number of nitrogens with one attached hydrogen (secondary N) is 1. The van der Waals surface area contributed by atoms with Crippen LogP contribution in [0.25, 0.3) is 0 Å². The second-order valence-corrected chi connectivity index (χ2v) is 4.21. The highest BCUT2D eigenvalue weighted by Gasteiger charge is 2.26. The molecule has 1 aliphatic rings. The van der Waals surface area contributed by atoms with E-state index >= 15 is 0 Å². The molecular formula is C12H13FN2O. The third kappa shape index (κ3) is 2.50. The van der Waals surface area contributed by atoms with Crippen LogP contribution in [0.4, 0.5) is 10.1 Å². The van der Waals surface area contributed by atoms with Crippen LogP contribution in [-0.2, 0) is 0 Å². The van der Waals surface area contributed by atoms with E-state index in [4.69, 9.17) is 10.4 Å². The van der Waals surface area contributed by atoms with E-state index in [-0.39, 0.29) is 6.10 Å². The van der Waals surface area contributed by atoms with Crippen molar-refractivity contribution in [1.82, 2.24) is 0 Å². The molecule has 0 atom stereocenters. The van der Waals surface area contributed by atoms with Crippen molar-refractivity contribution in [3.63, 3.8) is 0 Å². The molecule has 0 spiro atoms. The fraction of sp³-hybridized carbons (Fsp3) is 0.417. The van der Waals surface area contributed by atoms with Crippen molar-refractivity contribution in [2.75, 3.05) is 11.9 Å². The third-order valence-corrected chi connectivity index (χ3v) is 2.83. The van der Waals surface area contributed by atoms with Crippen molar-refractivity contribution in [3.8, 4) is 6.07 Å². The molecule has 0 aromatic heterocycles. The zero-order valence-electron chi connectivity index (χ0n) is 8.78. The molecule has 0 bridgehead atoms. The van der Waals surface area contributed by atoms with Crippen molar-refractivity contribution in [2.24, 2.45) is 5.92 Å². The summed E-state index contributed by atoms with van der Waals surface area (Å²) in [5.74, 6) is 0.0407. The standard InChI is InChI=1S/C12H13FN2O/c13-10-1-8(6-14)2-11(5-10)15-7-9-3-12(16)4-9/h1-2,5,9,12,15-16H,3-4,7H2. The van der Waals surface area contributed by atoms with Gasteiger partial charge in [0.1, 0.15) is 5.82 Å². The number of aliphatic hydroxyl groups excluding tert-OH is 1. The molecule has 1 fully saturated rings. The van der Waals surface area contributed by atoms with E-state index in [1.54, 1.807) is 6.07 Å². The first kappa shape index (κ1) is 10.9. The Morgan fingerprint density at radius 1 is 1.44 bits per heavy atom. The highest BCUT2D eigenvalue weighted by atomic mass is 19.1. The maximum Gasteiger partial charge on any atom is 0.126 e. The molecule has 0 unspecified atom stereocenters. The summed E-state index contributed by atoms with van der Waals surface area (Å²) in [5, 5.41) is 20.9. The molecule has 2 rings (SSSR count). The molecule has 0 aliphatic heterocycles. The molecule has 0 radical (unpaired) electrons. The van der Waals surface area contributed by atoms with Gasteiger partial charge in [0.05, 0.1) is 17.7 Å². The maximum atomic E-state index is 13.1. The number of benzene rings is 1. The Labute approximate surface area is 93.5 Å². The quantitative estimate of drug-likeness (QED) is 0.817. The first-order valence-electron chi connectivity index (χ1n) is 5.30. The van der Waals surface area contributed by atoms with Crippen molar-refractivity contribution in [2.45, 2.75) is 18.9 Å². The SMILES string of the molecule is N#Cc1cc(F)cc(NCC2CC(O)C2)c1. The zero-order valence-corrected chi connectivity index (χ0v) is 8.78. The van der Waals surface area contributed by atoms with Crippen molar-refractivity contribution in [1.29, 1.82) is 5.26 Å². The van der Waals surface area contributed by atoms with Gasteiger partial charge < -0.3 is 10.4 Å². The number of hydrogen-bond acceptors (Lipinski definition) is 3. The maximum absolute atomic E-state index is 13.1. The van der Waals surface area contributed by atoms with Crippen LogP contribution in [0.1, 0.15) is 18.4 Å². The van der Waals surface area contributed by atoms with Gasteiger partial charge in [-0.1, -0.05) is 0 Å². The lowest BCUT2D eigenvalue weighted by atomic mass is 9.82. The van der Waals surface area contributed by atoms with Gasteiger partial charge >= 0.3 is 0 Å². The van der Waals surface area contributed by atoms with E-state index in [0.717, 1.165) is 12.8 Å². The molecule has 16 heavy (non-hydrogen) atoms. The van der Waals surface area contributed by atoms with Gasteiger partial charge in [-0.2, -0.15) is 5.26 Å². The highest BCUT2D eigenvalue weighted by Crippen LogP contribution is 2.27. The van der Waals surface area contributed by atoms with Crippen LogP contribution < -0.4 is 5.32 Å². The van der Waals surface area contributed by atoms with Gasteiger partial charge in [-0.25, -0.2) is 4.39 Å². The van der Waals surface area contributed by atoms with E-state index in [2.05, 4.69) is 5.32 Å². The van der Waals surface area contributed by atoms with Gasteiger partial charge in [-0.15, -0.1) is 0 Å². The number of nitriles is 1. The minimum absolute atomic E-state index is 0.172. The van der Waals surface area contributed by atoms with Crippen LogP contribution in [0.2, 0.25) is 0 Å². The van der Waals surface area contributed by atoms with Crippen molar-refractivity contribution >= 4 is 5.69 Å². The van der Waals surface area contributed by atoms with E-state index in [1.807, 2.05) is 6.07 Å². The Kier molecular flexibility index (Phi) is 3.07. The third-order valence-electron chi connectivity index (χ3n) is 2.83. The normalized spacial score (nSPS) is 23.3. The van der Waals surface area contributed by atoms with Crippen molar-refractivity contribution < 1.29 is 9.50 Å². The Balaban J connectivity index is 1.94. The molecule has 2 N–H and O–H groups in total. The number of hydrogen-bond donors (Lipinski definition) is 2. The molecule has 0 saturated heterocycles. The summed E-state index contributed by atoms with van der Waals surface area (Å²) in [5.41, 5.74) is 0.939. The first-order chi connectivity index (χ1) is 7.67. The zero-order chi connectivity index (χ0) is 11.5. The molecule has 1 aromatic rings. The largest absolute Gasteiger partial charge is 0.393 e. The average molecular weight is 220 g/mol. The average Bonchev–Trinajstić information content (AvgIpc) is 2.22. The molecule has 3 nitrogen and oxygen atoms in total. The summed E-state index contributed by atoms with van der Waals surface area (Å²) in [6, 6.07) is 6.11. The van der Waals surface area contributed by atoms with Crippen LogP contribution in [0.15, 0.2) is 18.2 Å². The van der Waals surface area contributed by atoms with E-state index < -0.39 is 5.82 Å². The number of halogens is 1. The lowest BCUT2D eigenvalue weighted by Gasteiger charge is -2.31. The summed E-state index contributed by atoms with van der Waals surface area (Å²) < 4.78 is 13.1. The van der Waals surface area contributed by atoms with Crippen LogP contribution in [0.5, 0.6) is 0 Å². The minimum atomic E-state index is -0.407. The summed E-state index contributed by atoms with van der Waals surface area (Å²) in [7, 11) is 0. The molecule has 0 heterocycles. The van der Waals surface area contributed by atoms with Gasteiger partial charge in [0, 0.05) is 12.2 Å². The molecule has 0 amide bonds. The van der Waals surface area contributed by atoms with Crippen LogP contribution in [0, 0.1) is 23.1 Å². The lowest BCUT2D eigenvalue weighted by molar-refractivity contribution is 0.0487. The molecule has 1 saturated carbocycles. The predicted molar refractivity (Wildman–Crippen MR) is 58.3 cm³/mol. The van der Waals surface area contributed by atoms with Crippen LogP contribution in [-0.4, -0.2) is 17.8 Å². The highest BCUT2D eigenvalue weighted by molar-refractivity contribution is 5.49. The Morgan fingerprint density at radius 3 is 2.81 bits per heavy atom. The molecule has 84 valence electrons. The van der Waals surface area contributed by atoms with Gasteiger partial charge in [0.15, 0.2) is 0 Å². The monoisotopic (exact) mass is 220 g/mol. The van der Waals surface area contributed by atoms with Crippen LogP contribution >= 0.6 is 0 Å². The van der Waals surface area contributed by atoms with E-state index in [1.165, 1.54) is 12.1 Å². The number of aliphatic hydroxyl groups is 1. The number of nitrogens with zero attached hydrogens (tertiary/aromatic N) is 1. The van der Waals surface area contributed by atoms with E-state index in [9.17, 15) is 4.39 Å². The second kappa shape index (κ2) is 4.50. The second-order valence-electron chi connectivity index (χ2n) is 4.21. The first-order valence-corrected chi connectivity index (χ1v) is 5.30. The fourth-order valence-electron chi connectivity index (χ4n) is 1.89. The Morgan fingerprint density at radius 2 is 2.19 bits per heavy atom. The Hall–Kier alpha value is -1.60.